The van der Waals surface area contributed by atoms with Crippen molar-refractivity contribution in [1.29, 1.82) is 0 Å². The van der Waals surface area contributed by atoms with E-state index >= 15 is 0 Å². The molecule has 0 bridgehead atoms. The molecule has 158 valence electrons. The van der Waals surface area contributed by atoms with Crippen molar-refractivity contribution in [3.8, 4) is 0 Å². The Hall–Kier alpha value is -3.65. The van der Waals surface area contributed by atoms with E-state index in [1.165, 1.54) is 28.0 Å². The zero-order valence-electron chi connectivity index (χ0n) is 18.7. The van der Waals surface area contributed by atoms with Crippen molar-refractivity contribution >= 4 is 17.2 Å². The first-order valence-corrected chi connectivity index (χ1v) is 11.3. The van der Waals surface area contributed by atoms with E-state index in [9.17, 15) is 0 Å². The summed E-state index contributed by atoms with van der Waals surface area (Å²) < 4.78 is 8.69. The van der Waals surface area contributed by atoms with Crippen molar-refractivity contribution < 1.29 is 9.31 Å². The maximum atomic E-state index is 6.56. The predicted octanol–water partition coefficient (Wildman–Crippen LogP) is 6.72. The van der Waals surface area contributed by atoms with E-state index in [-0.39, 0.29) is 0 Å². The minimum atomic E-state index is 0.916. The molecule has 0 saturated heterocycles. The van der Waals surface area contributed by atoms with Crippen LogP contribution < -0.4 is 0 Å². The highest BCUT2D eigenvalue weighted by Crippen LogP contribution is 2.43. The van der Waals surface area contributed by atoms with Crippen LogP contribution in [-0.2, 0) is 4.74 Å². The van der Waals surface area contributed by atoms with Crippen LogP contribution in [0.2, 0.25) is 0 Å². The van der Waals surface area contributed by atoms with Crippen LogP contribution in [-0.4, -0.2) is 24.4 Å². The first-order valence-electron chi connectivity index (χ1n) is 11.3. The highest BCUT2D eigenvalue weighted by atomic mass is 16.5. The number of rotatable bonds is 3. The SMILES string of the molecule is C[N+](C)=C1C=CC(=CC2=C3C=C(c4ccccc4)OC(c4ccccc4)=C3CCC2)C=C1. The van der Waals surface area contributed by atoms with Gasteiger partial charge in [-0.3, -0.25) is 0 Å². The molecule has 2 nitrogen and oxygen atoms in total. The van der Waals surface area contributed by atoms with Crippen LogP contribution in [0.5, 0.6) is 0 Å². The summed E-state index contributed by atoms with van der Waals surface area (Å²) >= 11 is 0. The monoisotopic (exact) mass is 418 g/mol. The molecule has 0 atom stereocenters. The molecule has 0 N–H and O–H groups in total. The number of hydrogen-bond acceptors (Lipinski definition) is 1. The van der Waals surface area contributed by atoms with Gasteiger partial charge < -0.3 is 4.74 Å². The molecule has 0 spiro atoms. The fourth-order valence-corrected chi connectivity index (χ4v) is 4.45. The third-order valence-corrected chi connectivity index (χ3v) is 6.15. The van der Waals surface area contributed by atoms with Gasteiger partial charge in [0.2, 0.25) is 0 Å². The van der Waals surface area contributed by atoms with Crippen molar-refractivity contribution in [1.82, 2.24) is 0 Å². The van der Waals surface area contributed by atoms with Gasteiger partial charge in [0.25, 0.3) is 0 Å². The zero-order chi connectivity index (χ0) is 21.9. The van der Waals surface area contributed by atoms with Gasteiger partial charge in [-0.05, 0) is 54.2 Å². The third kappa shape index (κ3) is 4.09. The predicted molar refractivity (Wildman–Crippen MR) is 133 cm³/mol. The minimum Gasteiger partial charge on any atom is -0.456 e. The van der Waals surface area contributed by atoms with Crippen LogP contribution in [0.4, 0.5) is 0 Å². The molecule has 0 unspecified atom stereocenters. The van der Waals surface area contributed by atoms with Crippen LogP contribution in [0.1, 0.15) is 30.4 Å². The Morgan fingerprint density at radius 2 is 1.44 bits per heavy atom. The Labute approximate surface area is 190 Å². The molecular formula is C30H28NO+. The first kappa shape index (κ1) is 20.3. The van der Waals surface area contributed by atoms with E-state index in [0.29, 0.717) is 0 Å². The Balaban J connectivity index is 1.64. The number of nitrogens with zero attached hydrogens (tertiary/aromatic N) is 1. The quantitative estimate of drug-likeness (QED) is 0.504. The van der Waals surface area contributed by atoms with Gasteiger partial charge in [0.05, 0.1) is 0 Å². The maximum absolute atomic E-state index is 6.56. The molecule has 0 radical (unpaired) electrons. The lowest BCUT2D eigenvalue weighted by atomic mass is 9.82. The first-order chi connectivity index (χ1) is 15.7. The Morgan fingerprint density at radius 1 is 0.781 bits per heavy atom. The summed E-state index contributed by atoms with van der Waals surface area (Å²) in [6.07, 6.45) is 16.6. The van der Waals surface area contributed by atoms with E-state index in [2.05, 4.69) is 110 Å². The average Bonchev–Trinajstić information content (AvgIpc) is 2.85. The third-order valence-electron chi connectivity index (χ3n) is 6.15. The van der Waals surface area contributed by atoms with Gasteiger partial charge in [-0.15, -0.1) is 0 Å². The van der Waals surface area contributed by atoms with Gasteiger partial charge in [0.15, 0.2) is 5.71 Å². The van der Waals surface area contributed by atoms with Gasteiger partial charge >= 0.3 is 0 Å². The molecule has 32 heavy (non-hydrogen) atoms. The van der Waals surface area contributed by atoms with Crippen LogP contribution in [0.15, 0.2) is 119 Å². The largest absolute Gasteiger partial charge is 0.456 e. The van der Waals surface area contributed by atoms with Crippen molar-refractivity contribution in [2.24, 2.45) is 0 Å². The molecule has 2 aromatic rings. The second-order valence-corrected chi connectivity index (χ2v) is 8.57. The van der Waals surface area contributed by atoms with Crippen molar-refractivity contribution in [3.63, 3.8) is 0 Å². The molecule has 3 aliphatic rings. The number of allylic oxidation sites excluding steroid dienone is 10. The van der Waals surface area contributed by atoms with E-state index in [4.69, 9.17) is 4.74 Å². The lowest BCUT2D eigenvalue weighted by Crippen LogP contribution is -2.11. The molecule has 1 aliphatic heterocycles. The van der Waals surface area contributed by atoms with E-state index in [1.807, 2.05) is 6.07 Å². The summed E-state index contributed by atoms with van der Waals surface area (Å²) in [4.78, 5) is 0. The standard InChI is InChI=1S/C30H28NO/c1-31(2)26-18-16-22(17-19-26)20-25-14-9-15-27-28(25)21-29(23-10-5-3-6-11-23)32-30(27)24-12-7-4-8-13-24/h3-8,10-13,16-21H,9,14-15H2,1-2H3/q+1. The summed E-state index contributed by atoms with van der Waals surface area (Å²) in [5.41, 5.74) is 8.71. The molecule has 2 heteroatoms. The van der Waals surface area contributed by atoms with Crippen LogP contribution in [0.25, 0.3) is 11.5 Å². The fourth-order valence-electron chi connectivity index (χ4n) is 4.45. The van der Waals surface area contributed by atoms with Gasteiger partial charge in [-0.2, -0.15) is 0 Å². The summed E-state index contributed by atoms with van der Waals surface area (Å²) in [6.45, 7) is 0. The average molecular weight is 419 g/mol. The summed E-state index contributed by atoms with van der Waals surface area (Å²) in [5, 5.41) is 0. The molecule has 0 saturated carbocycles. The van der Waals surface area contributed by atoms with Crippen molar-refractivity contribution in [3.05, 3.63) is 131 Å². The van der Waals surface area contributed by atoms with Gasteiger partial charge in [0, 0.05) is 28.9 Å². The summed E-state index contributed by atoms with van der Waals surface area (Å²) in [6, 6.07) is 20.9. The molecule has 1 heterocycles. The minimum absolute atomic E-state index is 0.916. The molecule has 2 aromatic carbocycles. The second kappa shape index (κ2) is 8.84. The Morgan fingerprint density at radius 3 is 2.09 bits per heavy atom. The van der Waals surface area contributed by atoms with E-state index in [0.717, 1.165) is 41.9 Å². The summed E-state index contributed by atoms with van der Waals surface area (Å²) in [5.74, 6) is 1.91. The normalized spacial score (nSPS) is 17.8. The fraction of sp³-hybridized carbons (Fsp3) is 0.167. The number of fused-ring (bicyclic) bond motifs is 1. The Bertz CT molecular complexity index is 1230. The van der Waals surface area contributed by atoms with Crippen molar-refractivity contribution in [2.45, 2.75) is 19.3 Å². The highest BCUT2D eigenvalue weighted by molar-refractivity contribution is 6.02. The molecule has 0 amide bonds. The van der Waals surface area contributed by atoms with Gasteiger partial charge in [-0.25, -0.2) is 4.58 Å². The maximum Gasteiger partial charge on any atom is 0.199 e. The van der Waals surface area contributed by atoms with Crippen LogP contribution >= 0.6 is 0 Å². The number of ether oxygens (including phenoxy) is 1. The molecule has 2 aliphatic carbocycles. The molecular weight excluding hydrogens is 390 g/mol. The summed E-state index contributed by atoms with van der Waals surface area (Å²) in [7, 11) is 4.15. The van der Waals surface area contributed by atoms with Crippen molar-refractivity contribution in [2.75, 3.05) is 14.1 Å². The number of benzene rings is 2. The van der Waals surface area contributed by atoms with E-state index < -0.39 is 0 Å². The topological polar surface area (TPSA) is 12.2 Å². The van der Waals surface area contributed by atoms with Gasteiger partial charge in [0.1, 0.15) is 25.6 Å². The molecule has 0 aromatic heterocycles. The Kier molecular flexibility index (Phi) is 5.60. The second-order valence-electron chi connectivity index (χ2n) is 8.57. The number of hydrogen-bond donors (Lipinski definition) is 0. The highest BCUT2D eigenvalue weighted by Gasteiger charge is 2.26. The molecule has 0 fully saturated rings. The smallest absolute Gasteiger partial charge is 0.199 e. The lowest BCUT2D eigenvalue weighted by molar-refractivity contribution is -0.462. The van der Waals surface area contributed by atoms with Crippen LogP contribution in [0, 0.1) is 0 Å². The van der Waals surface area contributed by atoms with E-state index in [1.54, 1.807) is 0 Å². The van der Waals surface area contributed by atoms with Crippen LogP contribution in [0.3, 0.4) is 0 Å². The lowest BCUT2D eigenvalue weighted by Gasteiger charge is -2.29. The van der Waals surface area contributed by atoms with Gasteiger partial charge in [-0.1, -0.05) is 66.7 Å². The molecule has 5 rings (SSSR count). The zero-order valence-corrected chi connectivity index (χ0v) is 18.7.